The monoisotopic (exact) mass is 188 g/mol. The summed E-state index contributed by atoms with van der Waals surface area (Å²) < 4.78 is 5.54. The van der Waals surface area contributed by atoms with Crippen molar-refractivity contribution in [1.29, 1.82) is 0 Å². The predicted octanol–water partition coefficient (Wildman–Crippen LogP) is 2.28. The molecule has 0 spiro atoms. The molecule has 12 heavy (non-hydrogen) atoms. The van der Waals surface area contributed by atoms with Gasteiger partial charge in [-0.15, -0.1) is 0 Å². The van der Waals surface area contributed by atoms with Crippen LogP contribution in [-0.2, 0) is 4.43 Å². The second kappa shape index (κ2) is 7.81. The van der Waals surface area contributed by atoms with Gasteiger partial charge in [-0.3, -0.25) is 0 Å². The summed E-state index contributed by atoms with van der Waals surface area (Å²) in [5.74, 6) is 0.825. The van der Waals surface area contributed by atoms with E-state index in [4.69, 9.17) is 4.43 Å². The van der Waals surface area contributed by atoms with Crippen molar-refractivity contribution in [3.05, 3.63) is 0 Å². The first-order chi connectivity index (χ1) is 5.70. The van der Waals surface area contributed by atoms with Gasteiger partial charge in [-0.2, -0.15) is 0 Å². The Morgan fingerprint density at radius 3 is 2.25 bits per heavy atom. The van der Waals surface area contributed by atoms with Gasteiger partial charge in [-0.1, -0.05) is 33.6 Å². The standard InChI is InChI=1S/C10H24OSi/c1-4-5-6-10(11-12)8-7-9(2)3/h9-10H,4-8H2,1-3,12H3. The molecule has 2 heteroatoms. The van der Waals surface area contributed by atoms with Crippen molar-refractivity contribution in [2.24, 2.45) is 5.92 Å². The van der Waals surface area contributed by atoms with Gasteiger partial charge in [-0.25, -0.2) is 0 Å². The second-order valence-corrected chi connectivity index (χ2v) is 4.44. The second-order valence-electron chi connectivity index (χ2n) is 3.97. The number of unbranched alkanes of at least 4 members (excludes halogenated alkanes) is 1. The molecule has 74 valence electrons. The van der Waals surface area contributed by atoms with Crippen molar-refractivity contribution < 1.29 is 4.43 Å². The zero-order chi connectivity index (χ0) is 9.40. The molecule has 0 amide bonds. The molecule has 0 N–H and O–H groups in total. The van der Waals surface area contributed by atoms with Crippen LogP contribution < -0.4 is 0 Å². The number of rotatable bonds is 7. The van der Waals surface area contributed by atoms with Crippen LogP contribution in [0.15, 0.2) is 0 Å². The fraction of sp³-hybridized carbons (Fsp3) is 1.00. The van der Waals surface area contributed by atoms with Gasteiger partial charge in [0.05, 0.1) is 0 Å². The summed E-state index contributed by atoms with van der Waals surface area (Å²) in [5, 5.41) is 0. The highest BCUT2D eigenvalue weighted by Gasteiger charge is 2.06. The first kappa shape index (κ1) is 12.2. The van der Waals surface area contributed by atoms with Crippen LogP contribution in [0, 0.1) is 5.92 Å². The summed E-state index contributed by atoms with van der Waals surface area (Å²) in [6.07, 6.45) is 7.04. The van der Waals surface area contributed by atoms with Gasteiger partial charge in [0.15, 0.2) is 0 Å². The average molecular weight is 188 g/mol. The van der Waals surface area contributed by atoms with Crippen molar-refractivity contribution in [3.8, 4) is 0 Å². The Morgan fingerprint density at radius 2 is 1.83 bits per heavy atom. The molecule has 0 radical (unpaired) electrons. The third-order valence-electron chi connectivity index (χ3n) is 2.28. The third-order valence-corrected chi connectivity index (χ3v) is 2.95. The Labute approximate surface area is 80.4 Å². The summed E-state index contributed by atoms with van der Waals surface area (Å²) in [6.45, 7) is 6.81. The van der Waals surface area contributed by atoms with E-state index in [1.54, 1.807) is 0 Å². The van der Waals surface area contributed by atoms with E-state index in [0.29, 0.717) is 6.10 Å². The number of hydrogen-bond acceptors (Lipinski definition) is 1. The van der Waals surface area contributed by atoms with Crippen LogP contribution in [0.5, 0.6) is 0 Å². The molecule has 1 nitrogen and oxygen atoms in total. The topological polar surface area (TPSA) is 9.23 Å². The molecule has 0 saturated carbocycles. The van der Waals surface area contributed by atoms with E-state index in [0.717, 1.165) is 16.4 Å². The van der Waals surface area contributed by atoms with Crippen LogP contribution in [0.1, 0.15) is 52.9 Å². The summed E-state index contributed by atoms with van der Waals surface area (Å²) >= 11 is 0. The van der Waals surface area contributed by atoms with Crippen molar-refractivity contribution in [3.63, 3.8) is 0 Å². The fourth-order valence-electron chi connectivity index (χ4n) is 1.33. The minimum atomic E-state index is 0.569. The average Bonchev–Trinajstić information content (AvgIpc) is 2.05. The van der Waals surface area contributed by atoms with E-state index in [2.05, 4.69) is 20.8 Å². The van der Waals surface area contributed by atoms with E-state index in [-0.39, 0.29) is 0 Å². The van der Waals surface area contributed by atoms with Gasteiger partial charge >= 0.3 is 0 Å². The molecule has 0 aromatic carbocycles. The lowest BCUT2D eigenvalue weighted by Gasteiger charge is -2.16. The summed E-state index contributed by atoms with van der Waals surface area (Å²) in [7, 11) is 0.899. The number of hydrogen-bond donors (Lipinski definition) is 0. The fourth-order valence-corrected chi connectivity index (χ4v) is 1.80. The molecule has 0 rings (SSSR count). The van der Waals surface area contributed by atoms with E-state index >= 15 is 0 Å². The lowest BCUT2D eigenvalue weighted by Crippen LogP contribution is -2.12. The lowest BCUT2D eigenvalue weighted by atomic mass is 10.0. The van der Waals surface area contributed by atoms with Crippen molar-refractivity contribution >= 4 is 10.5 Å². The molecule has 0 saturated heterocycles. The maximum absolute atomic E-state index is 5.54. The van der Waals surface area contributed by atoms with Crippen LogP contribution in [0.25, 0.3) is 0 Å². The zero-order valence-corrected chi connectivity index (χ0v) is 11.1. The van der Waals surface area contributed by atoms with Crippen LogP contribution in [-0.4, -0.2) is 16.6 Å². The first-order valence-electron chi connectivity index (χ1n) is 5.23. The predicted molar refractivity (Wildman–Crippen MR) is 58.4 cm³/mol. The molecule has 1 unspecified atom stereocenters. The molecule has 0 aromatic rings. The maximum Gasteiger partial charge on any atom is 0.146 e. The van der Waals surface area contributed by atoms with Crippen molar-refractivity contribution in [1.82, 2.24) is 0 Å². The minimum absolute atomic E-state index is 0.569. The van der Waals surface area contributed by atoms with E-state index in [9.17, 15) is 0 Å². The van der Waals surface area contributed by atoms with Crippen LogP contribution in [0.4, 0.5) is 0 Å². The molecule has 0 aliphatic heterocycles. The highest BCUT2D eigenvalue weighted by Crippen LogP contribution is 2.13. The van der Waals surface area contributed by atoms with Gasteiger partial charge in [0.1, 0.15) is 10.5 Å². The third kappa shape index (κ3) is 6.86. The molecule has 0 fully saturated rings. The Bertz CT molecular complexity index is 93.8. The largest absolute Gasteiger partial charge is 0.425 e. The summed E-state index contributed by atoms with van der Waals surface area (Å²) in [5.41, 5.74) is 0. The Kier molecular flexibility index (Phi) is 7.92. The molecule has 0 bridgehead atoms. The summed E-state index contributed by atoms with van der Waals surface area (Å²) in [6, 6.07) is 0. The highest BCUT2D eigenvalue weighted by atomic mass is 28.2. The van der Waals surface area contributed by atoms with Crippen LogP contribution in [0.2, 0.25) is 0 Å². The zero-order valence-electron chi connectivity index (χ0n) is 9.10. The van der Waals surface area contributed by atoms with Gasteiger partial charge in [0, 0.05) is 6.10 Å². The quantitative estimate of drug-likeness (QED) is 0.557. The van der Waals surface area contributed by atoms with E-state index in [1.807, 2.05) is 0 Å². The highest BCUT2D eigenvalue weighted by molar-refractivity contribution is 5.98. The Balaban J connectivity index is 3.39. The normalized spacial score (nSPS) is 14.0. The van der Waals surface area contributed by atoms with Crippen molar-refractivity contribution in [2.45, 2.75) is 59.0 Å². The first-order valence-corrected chi connectivity index (χ1v) is 6.05. The van der Waals surface area contributed by atoms with E-state index < -0.39 is 0 Å². The molecule has 0 aliphatic carbocycles. The van der Waals surface area contributed by atoms with Crippen LogP contribution in [0.3, 0.4) is 0 Å². The molecule has 0 heterocycles. The minimum Gasteiger partial charge on any atom is -0.425 e. The molecule has 1 atom stereocenters. The van der Waals surface area contributed by atoms with Gasteiger partial charge < -0.3 is 4.43 Å². The Hall–Kier alpha value is 0.177. The van der Waals surface area contributed by atoms with Gasteiger partial charge in [0.25, 0.3) is 0 Å². The van der Waals surface area contributed by atoms with Gasteiger partial charge in [-0.05, 0) is 25.2 Å². The molecule has 0 aromatic heterocycles. The van der Waals surface area contributed by atoms with E-state index in [1.165, 1.54) is 32.1 Å². The molecule has 0 aliphatic rings. The van der Waals surface area contributed by atoms with Crippen molar-refractivity contribution in [2.75, 3.05) is 0 Å². The lowest BCUT2D eigenvalue weighted by molar-refractivity contribution is 0.185. The summed E-state index contributed by atoms with van der Waals surface area (Å²) in [4.78, 5) is 0. The maximum atomic E-state index is 5.54. The smallest absolute Gasteiger partial charge is 0.146 e. The SMILES string of the molecule is CCCCC(CCC(C)C)O[SiH3]. The Morgan fingerprint density at radius 1 is 1.17 bits per heavy atom. The molecular formula is C10H24OSi. The van der Waals surface area contributed by atoms with Gasteiger partial charge in [0.2, 0.25) is 0 Å². The molecular weight excluding hydrogens is 164 g/mol. The van der Waals surface area contributed by atoms with Crippen LogP contribution >= 0.6 is 0 Å².